The molecule has 0 radical (unpaired) electrons. The monoisotopic (exact) mass is 326 g/mol. The standard InChI is InChI=1S/C19H22N2O3/c1-13-4-5-14(2)16(10-13)17(22)6-7-18(23)21-12-15-8-9-20-19(11-15)24-3/h4-5,8-11H,6-7,12H2,1-3H3,(H,21,23). The van der Waals surface area contributed by atoms with Gasteiger partial charge in [0.15, 0.2) is 5.78 Å². The van der Waals surface area contributed by atoms with Crippen LogP contribution in [-0.2, 0) is 11.3 Å². The summed E-state index contributed by atoms with van der Waals surface area (Å²) in [6.07, 6.45) is 2.01. The van der Waals surface area contributed by atoms with Gasteiger partial charge in [0.1, 0.15) is 0 Å². The minimum atomic E-state index is -0.149. The van der Waals surface area contributed by atoms with Crippen LogP contribution in [0, 0.1) is 13.8 Å². The van der Waals surface area contributed by atoms with Gasteiger partial charge in [-0.15, -0.1) is 0 Å². The highest BCUT2D eigenvalue weighted by molar-refractivity contribution is 5.99. The van der Waals surface area contributed by atoms with Gasteiger partial charge in [-0.1, -0.05) is 17.7 Å². The van der Waals surface area contributed by atoms with Crippen LogP contribution >= 0.6 is 0 Å². The lowest BCUT2D eigenvalue weighted by molar-refractivity contribution is -0.121. The predicted molar refractivity (Wildman–Crippen MR) is 92.1 cm³/mol. The number of pyridine rings is 1. The summed E-state index contributed by atoms with van der Waals surface area (Å²) in [5, 5.41) is 2.81. The van der Waals surface area contributed by atoms with Crippen molar-refractivity contribution in [2.75, 3.05) is 7.11 Å². The van der Waals surface area contributed by atoms with Crippen LogP contribution in [0.4, 0.5) is 0 Å². The lowest BCUT2D eigenvalue weighted by Gasteiger charge is -2.08. The molecule has 1 aromatic carbocycles. The van der Waals surface area contributed by atoms with E-state index in [-0.39, 0.29) is 24.5 Å². The molecule has 1 heterocycles. The molecule has 0 spiro atoms. The van der Waals surface area contributed by atoms with Crippen molar-refractivity contribution in [2.45, 2.75) is 33.2 Å². The summed E-state index contributed by atoms with van der Waals surface area (Å²) in [5.41, 5.74) is 3.58. The normalized spacial score (nSPS) is 10.3. The molecule has 5 nitrogen and oxygen atoms in total. The molecule has 126 valence electrons. The van der Waals surface area contributed by atoms with Gasteiger partial charge in [-0.3, -0.25) is 9.59 Å². The van der Waals surface area contributed by atoms with Gasteiger partial charge in [0.05, 0.1) is 7.11 Å². The quantitative estimate of drug-likeness (QED) is 0.794. The third-order valence-electron chi connectivity index (χ3n) is 3.77. The smallest absolute Gasteiger partial charge is 0.220 e. The molecule has 1 N–H and O–H groups in total. The summed E-state index contributed by atoms with van der Waals surface area (Å²) in [6.45, 7) is 4.24. The Balaban J connectivity index is 1.84. The van der Waals surface area contributed by atoms with E-state index in [0.717, 1.165) is 16.7 Å². The topological polar surface area (TPSA) is 68.3 Å². The number of nitrogens with one attached hydrogen (secondary N) is 1. The molecule has 5 heteroatoms. The zero-order valence-electron chi connectivity index (χ0n) is 14.3. The first-order valence-electron chi connectivity index (χ1n) is 7.85. The zero-order chi connectivity index (χ0) is 17.5. The molecule has 0 aliphatic carbocycles. The summed E-state index contributed by atoms with van der Waals surface area (Å²) < 4.78 is 5.04. The first kappa shape index (κ1) is 17.7. The molecule has 0 aliphatic rings. The number of ketones is 1. The van der Waals surface area contributed by atoms with Crippen LogP contribution < -0.4 is 10.1 Å². The lowest BCUT2D eigenvalue weighted by atomic mass is 9.99. The molecule has 2 rings (SSSR count). The number of carbonyl (C=O) groups is 2. The van der Waals surface area contributed by atoms with Crippen molar-refractivity contribution in [2.24, 2.45) is 0 Å². The largest absolute Gasteiger partial charge is 0.481 e. The summed E-state index contributed by atoms with van der Waals surface area (Å²) in [5.74, 6) is 0.355. The number of aryl methyl sites for hydroxylation is 2. The van der Waals surface area contributed by atoms with Gasteiger partial charge in [0.2, 0.25) is 11.8 Å². The van der Waals surface area contributed by atoms with Gasteiger partial charge in [0, 0.05) is 37.2 Å². The lowest BCUT2D eigenvalue weighted by Crippen LogP contribution is -2.23. The van der Waals surface area contributed by atoms with E-state index in [1.54, 1.807) is 19.4 Å². The van der Waals surface area contributed by atoms with Gasteiger partial charge in [-0.05, 0) is 37.1 Å². The molecule has 2 aromatic rings. The average molecular weight is 326 g/mol. The second kappa shape index (κ2) is 8.24. The van der Waals surface area contributed by atoms with Crippen LogP contribution in [0.2, 0.25) is 0 Å². The molecule has 0 saturated carbocycles. The highest BCUT2D eigenvalue weighted by atomic mass is 16.5. The number of carbonyl (C=O) groups excluding carboxylic acids is 2. The molecule has 24 heavy (non-hydrogen) atoms. The average Bonchev–Trinajstić information content (AvgIpc) is 2.60. The Morgan fingerprint density at radius 2 is 1.92 bits per heavy atom. The second-order valence-electron chi connectivity index (χ2n) is 5.72. The number of hydrogen-bond acceptors (Lipinski definition) is 4. The van der Waals surface area contributed by atoms with Crippen molar-refractivity contribution in [1.29, 1.82) is 0 Å². The number of aromatic nitrogens is 1. The Bertz CT molecular complexity index is 741. The number of benzene rings is 1. The van der Waals surface area contributed by atoms with Crippen molar-refractivity contribution < 1.29 is 14.3 Å². The molecule has 1 amide bonds. The number of hydrogen-bond donors (Lipinski definition) is 1. The van der Waals surface area contributed by atoms with E-state index >= 15 is 0 Å². The third kappa shape index (κ3) is 4.91. The molecule has 1 aromatic heterocycles. The van der Waals surface area contributed by atoms with E-state index in [2.05, 4.69) is 10.3 Å². The first-order valence-corrected chi connectivity index (χ1v) is 7.85. The molecule has 0 aliphatic heterocycles. The van der Waals surface area contributed by atoms with E-state index in [1.807, 2.05) is 38.1 Å². The number of amides is 1. The minimum absolute atomic E-state index is 0.00284. The third-order valence-corrected chi connectivity index (χ3v) is 3.77. The Kier molecular flexibility index (Phi) is 6.07. The van der Waals surface area contributed by atoms with E-state index in [0.29, 0.717) is 18.0 Å². The fourth-order valence-corrected chi connectivity index (χ4v) is 2.36. The van der Waals surface area contributed by atoms with Crippen LogP contribution in [0.3, 0.4) is 0 Å². The fourth-order valence-electron chi connectivity index (χ4n) is 2.36. The van der Waals surface area contributed by atoms with Crippen LogP contribution in [0.1, 0.15) is 39.9 Å². The SMILES string of the molecule is COc1cc(CNC(=O)CCC(=O)c2cc(C)ccc2C)ccn1. The number of methoxy groups -OCH3 is 1. The molecule has 0 bridgehead atoms. The Morgan fingerprint density at radius 3 is 2.67 bits per heavy atom. The second-order valence-corrected chi connectivity index (χ2v) is 5.72. The maximum Gasteiger partial charge on any atom is 0.220 e. The molecule has 0 fully saturated rings. The molecule has 0 saturated heterocycles. The van der Waals surface area contributed by atoms with Gasteiger partial charge < -0.3 is 10.1 Å². The van der Waals surface area contributed by atoms with Crippen LogP contribution in [-0.4, -0.2) is 23.8 Å². The highest BCUT2D eigenvalue weighted by Crippen LogP contribution is 2.14. The van der Waals surface area contributed by atoms with Crippen molar-refractivity contribution in [1.82, 2.24) is 10.3 Å². The Hall–Kier alpha value is -2.69. The number of ether oxygens (including phenoxy) is 1. The van der Waals surface area contributed by atoms with Crippen LogP contribution in [0.5, 0.6) is 5.88 Å². The van der Waals surface area contributed by atoms with Crippen molar-refractivity contribution in [3.8, 4) is 5.88 Å². The Morgan fingerprint density at radius 1 is 1.12 bits per heavy atom. The van der Waals surface area contributed by atoms with E-state index in [4.69, 9.17) is 4.74 Å². The van der Waals surface area contributed by atoms with Gasteiger partial charge >= 0.3 is 0 Å². The van der Waals surface area contributed by atoms with Crippen molar-refractivity contribution in [3.05, 3.63) is 58.8 Å². The fraction of sp³-hybridized carbons (Fsp3) is 0.316. The summed E-state index contributed by atoms with van der Waals surface area (Å²) >= 11 is 0. The van der Waals surface area contributed by atoms with Gasteiger partial charge in [0.25, 0.3) is 0 Å². The van der Waals surface area contributed by atoms with Gasteiger partial charge in [-0.25, -0.2) is 4.98 Å². The van der Waals surface area contributed by atoms with Crippen molar-refractivity contribution in [3.63, 3.8) is 0 Å². The first-order chi connectivity index (χ1) is 11.5. The summed E-state index contributed by atoms with van der Waals surface area (Å²) in [4.78, 5) is 28.2. The summed E-state index contributed by atoms with van der Waals surface area (Å²) in [6, 6.07) is 9.35. The molecule has 0 atom stereocenters. The zero-order valence-corrected chi connectivity index (χ0v) is 14.3. The molecular formula is C19H22N2O3. The molecule has 0 unspecified atom stereocenters. The Labute approximate surface area is 142 Å². The van der Waals surface area contributed by atoms with Crippen LogP contribution in [0.25, 0.3) is 0 Å². The highest BCUT2D eigenvalue weighted by Gasteiger charge is 2.12. The van der Waals surface area contributed by atoms with E-state index in [9.17, 15) is 9.59 Å². The van der Waals surface area contributed by atoms with Gasteiger partial charge in [-0.2, -0.15) is 0 Å². The summed E-state index contributed by atoms with van der Waals surface area (Å²) in [7, 11) is 1.55. The molecular weight excluding hydrogens is 304 g/mol. The van der Waals surface area contributed by atoms with Crippen molar-refractivity contribution >= 4 is 11.7 Å². The number of rotatable bonds is 7. The maximum atomic E-state index is 12.3. The number of Topliss-reactive ketones (excluding diaryl/α,β-unsaturated/α-hetero) is 1. The number of nitrogens with zero attached hydrogens (tertiary/aromatic N) is 1. The van der Waals surface area contributed by atoms with E-state index in [1.165, 1.54) is 0 Å². The maximum absolute atomic E-state index is 12.3. The predicted octanol–water partition coefficient (Wildman–Crippen LogP) is 2.99. The van der Waals surface area contributed by atoms with Crippen LogP contribution in [0.15, 0.2) is 36.5 Å². The van der Waals surface area contributed by atoms with E-state index < -0.39 is 0 Å². The minimum Gasteiger partial charge on any atom is -0.481 e.